The van der Waals surface area contributed by atoms with Crippen molar-refractivity contribution in [2.24, 2.45) is 17.8 Å². The maximum Gasteiger partial charge on any atom is 0.320 e. The van der Waals surface area contributed by atoms with Gasteiger partial charge in [-0.05, 0) is 37.7 Å². The predicted molar refractivity (Wildman–Crippen MR) is 165 cm³/mol. The highest BCUT2D eigenvalue weighted by Crippen LogP contribution is 2.41. The van der Waals surface area contributed by atoms with Gasteiger partial charge in [-0.25, -0.2) is 13.6 Å². The molecule has 5 heterocycles. The van der Waals surface area contributed by atoms with Crippen molar-refractivity contribution in [2.45, 2.75) is 100 Å². The van der Waals surface area contributed by atoms with Crippen molar-refractivity contribution in [1.82, 2.24) is 41.3 Å². The fourth-order valence-corrected chi connectivity index (χ4v) is 9.81. The van der Waals surface area contributed by atoms with Crippen LogP contribution in [0.4, 0.5) is 13.6 Å². The predicted octanol–water partition coefficient (Wildman–Crippen LogP) is 0.940. The molecule has 11 atom stereocenters. The van der Waals surface area contributed by atoms with Gasteiger partial charge in [0.2, 0.25) is 11.8 Å². The molecule has 11 unspecified atom stereocenters. The molecule has 5 saturated heterocycles. The summed E-state index contributed by atoms with van der Waals surface area (Å²) in [6, 6.07) is -1.91. The summed E-state index contributed by atoms with van der Waals surface area (Å²) >= 11 is 1.63. The van der Waals surface area contributed by atoms with Crippen LogP contribution in [0.15, 0.2) is 12.7 Å². The van der Waals surface area contributed by atoms with Gasteiger partial charge in [-0.2, -0.15) is 0 Å². The Morgan fingerprint density at radius 1 is 1.05 bits per heavy atom. The number of nitrogens with zero attached hydrogens (tertiary/aromatic N) is 3. The quantitative estimate of drug-likeness (QED) is 0.290. The molecule has 14 heteroatoms. The first-order chi connectivity index (χ1) is 21.2. The van der Waals surface area contributed by atoms with Gasteiger partial charge in [0.25, 0.3) is 0 Å². The molecule has 0 spiro atoms. The summed E-state index contributed by atoms with van der Waals surface area (Å²) in [6.07, 6.45) is -0.289. The zero-order valence-electron chi connectivity index (χ0n) is 25.7. The summed E-state index contributed by atoms with van der Waals surface area (Å²) in [5.74, 6) is -0.574. The van der Waals surface area contributed by atoms with Crippen LogP contribution >= 0.6 is 11.8 Å². The Kier molecular flexibility index (Phi) is 9.72. The van der Waals surface area contributed by atoms with Crippen LogP contribution in [0.1, 0.15) is 46.0 Å². The first-order valence-electron chi connectivity index (χ1n) is 16.3. The van der Waals surface area contributed by atoms with Crippen LogP contribution < -0.4 is 26.6 Å². The maximum absolute atomic E-state index is 16.5. The Balaban J connectivity index is 1.37. The number of urea groups is 1. The first kappa shape index (κ1) is 32.0. The molecule has 6 rings (SSSR count). The molecule has 0 radical (unpaired) electrons. The lowest BCUT2D eigenvalue weighted by Gasteiger charge is -2.59. The van der Waals surface area contributed by atoms with Gasteiger partial charge >= 0.3 is 6.03 Å². The molecule has 0 aromatic carbocycles. The number of rotatable bonds is 3. The number of amides is 4. The number of thioether (sulfide) groups is 1. The Hall–Kier alpha value is -2.00. The second-order valence-electron chi connectivity index (χ2n) is 13.5. The lowest BCUT2D eigenvalue weighted by atomic mass is 9.72. The molecule has 6 fully saturated rings. The van der Waals surface area contributed by atoms with E-state index in [1.807, 2.05) is 4.90 Å². The summed E-state index contributed by atoms with van der Waals surface area (Å²) < 4.78 is 32.3. The lowest BCUT2D eigenvalue weighted by Crippen LogP contribution is -2.81. The van der Waals surface area contributed by atoms with Crippen LogP contribution in [0.5, 0.6) is 0 Å². The summed E-state index contributed by atoms with van der Waals surface area (Å²) in [5, 5.41) is 16.8. The van der Waals surface area contributed by atoms with Gasteiger partial charge in [-0.3, -0.25) is 30.4 Å². The summed E-state index contributed by atoms with van der Waals surface area (Å²) in [6.45, 7) is 10.5. The van der Waals surface area contributed by atoms with E-state index in [0.717, 1.165) is 0 Å². The Morgan fingerprint density at radius 2 is 1.82 bits per heavy atom. The number of hydrogen-bond donors (Lipinski definition) is 5. The van der Waals surface area contributed by atoms with Crippen molar-refractivity contribution < 1.29 is 23.2 Å². The highest BCUT2D eigenvalue weighted by atomic mass is 32.2. The molecular formula is C30H48F2N8O3S. The molecule has 44 heavy (non-hydrogen) atoms. The zero-order valence-corrected chi connectivity index (χ0v) is 26.5. The third kappa shape index (κ3) is 6.08. The van der Waals surface area contributed by atoms with E-state index in [9.17, 15) is 14.4 Å². The number of piperazine rings is 1. The van der Waals surface area contributed by atoms with Gasteiger partial charge in [-0.15, -0.1) is 11.8 Å². The van der Waals surface area contributed by atoms with Crippen LogP contribution in [-0.2, 0) is 9.59 Å². The second-order valence-corrected chi connectivity index (χ2v) is 14.8. The number of hydrogen-bond acceptors (Lipinski definition) is 8. The fraction of sp³-hybridized carbons (Fsp3) is 0.833. The van der Waals surface area contributed by atoms with Crippen LogP contribution in [-0.4, -0.2) is 125 Å². The number of alkyl halides is 2. The van der Waals surface area contributed by atoms with Crippen molar-refractivity contribution in [2.75, 3.05) is 38.6 Å². The van der Waals surface area contributed by atoms with Gasteiger partial charge in [0.05, 0.1) is 23.7 Å². The van der Waals surface area contributed by atoms with E-state index in [1.54, 1.807) is 16.7 Å². The second kappa shape index (κ2) is 13.4. The Bertz CT molecular complexity index is 1100. The molecule has 4 amide bonds. The average molecular weight is 639 g/mol. The van der Waals surface area contributed by atoms with Gasteiger partial charge in [-0.1, -0.05) is 20.4 Å². The summed E-state index contributed by atoms with van der Waals surface area (Å²) in [4.78, 5) is 45.4. The van der Waals surface area contributed by atoms with Crippen molar-refractivity contribution in [3.63, 3.8) is 0 Å². The molecule has 6 aliphatic rings. The van der Waals surface area contributed by atoms with Gasteiger partial charge in [0.1, 0.15) is 12.3 Å². The summed E-state index contributed by atoms with van der Waals surface area (Å²) in [7, 11) is 0. The SMILES string of the molecule is C=CC(=O)N1CCN(C2NC(=O)N3C4NC(C(F)CC24)C2C(F)CCCC2NC(=O)CCSC2NCNC(C(C)C)C23)CC1. The molecule has 2 bridgehead atoms. The van der Waals surface area contributed by atoms with E-state index in [-0.39, 0.29) is 60.0 Å². The smallest absolute Gasteiger partial charge is 0.320 e. The molecular weight excluding hydrogens is 590 g/mol. The van der Waals surface area contributed by atoms with Crippen molar-refractivity contribution >= 4 is 29.6 Å². The van der Waals surface area contributed by atoms with Crippen LogP contribution in [0.3, 0.4) is 0 Å². The monoisotopic (exact) mass is 638 g/mol. The minimum Gasteiger partial charge on any atom is -0.353 e. The van der Waals surface area contributed by atoms with E-state index >= 15 is 8.78 Å². The molecule has 5 aliphatic heterocycles. The minimum atomic E-state index is -1.36. The topological polar surface area (TPSA) is 121 Å². The third-order valence-corrected chi connectivity index (χ3v) is 11.9. The van der Waals surface area contributed by atoms with Crippen molar-refractivity contribution in [3.05, 3.63) is 12.7 Å². The van der Waals surface area contributed by atoms with E-state index in [1.165, 1.54) is 6.08 Å². The van der Waals surface area contributed by atoms with Gasteiger partial charge in [0, 0.05) is 75.0 Å². The van der Waals surface area contributed by atoms with E-state index < -0.39 is 42.7 Å². The lowest BCUT2D eigenvalue weighted by molar-refractivity contribution is -0.130. The molecule has 11 nitrogen and oxygen atoms in total. The average Bonchev–Trinajstić information content (AvgIpc) is 3.01. The third-order valence-electron chi connectivity index (χ3n) is 10.7. The number of nitrogens with one attached hydrogen (secondary N) is 5. The van der Waals surface area contributed by atoms with Crippen LogP contribution in [0.2, 0.25) is 0 Å². The van der Waals surface area contributed by atoms with Crippen LogP contribution in [0.25, 0.3) is 0 Å². The Labute approximate surface area is 263 Å². The van der Waals surface area contributed by atoms with Crippen LogP contribution in [0, 0.1) is 17.8 Å². The summed E-state index contributed by atoms with van der Waals surface area (Å²) in [5.41, 5.74) is 0. The first-order valence-corrected chi connectivity index (χ1v) is 17.4. The zero-order chi connectivity index (χ0) is 31.1. The highest BCUT2D eigenvalue weighted by molar-refractivity contribution is 7.99. The maximum atomic E-state index is 16.5. The van der Waals surface area contributed by atoms with E-state index in [2.05, 4.69) is 51.9 Å². The number of fused-ring (bicyclic) bond motifs is 5. The van der Waals surface area contributed by atoms with E-state index in [4.69, 9.17) is 0 Å². The van der Waals surface area contributed by atoms with Crippen molar-refractivity contribution in [1.29, 1.82) is 0 Å². The molecule has 5 N–H and O–H groups in total. The van der Waals surface area contributed by atoms with Gasteiger partial charge in [0.15, 0.2) is 0 Å². The molecule has 0 aromatic heterocycles. The Morgan fingerprint density at radius 3 is 2.55 bits per heavy atom. The number of carbonyl (C=O) groups excluding carboxylic acids is 3. The number of piperidine rings is 1. The fourth-order valence-electron chi connectivity index (χ4n) is 8.55. The van der Waals surface area contributed by atoms with E-state index in [0.29, 0.717) is 57.9 Å². The standard InChI is InChI=1S/C30H48F2N8O3S/c1-4-22(42)38-9-11-39(12-10-38)27-17-14-19(32)25-23-18(31)6-5-7-20(23)35-21(41)8-13-44-29-26(24(16(2)3)33-15-34-29)40(28(17)36-25)30(43)37-27/h4,16-20,23-29,33-34,36H,1,5-15H2,2-3H3,(H,35,41)(H,37,43). The van der Waals surface area contributed by atoms with Crippen molar-refractivity contribution in [3.8, 4) is 0 Å². The molecule has 1 aliphatic carbocycles. The number of halogens is 2. The van der Waals surface area contributed by atoms with Gasteiger partial charge < -0.3 is 20.4 Å². The molecule has 246 valence electrons. The minimum absolute atomic E-state index is 0.0520. The largest absolute Gasteiger partial charge is 0.353 e. The molecule has 1 saturated carbocycles. The molecule has 0 aromatic rings. The highest BCUT2D eigenvalue weighted by Gasteiger charge is 2.57. The number of carbonyl (C=O) groups is 3. The normalized spacial score (nSPS) is 42.1.